The third-order valence-corrected chi connectivity index (χ3v) is 2.93. The number of rotatable bonds is 5. The van der Waals surface area contributed by atoms with Crippen LogP contribution in [-0.4, -0.2) is 16.8 Å². The molecule has 2 nitrogen and oxygen atoms in total. The summed E-state index contributed by atoms with van der Waals surface area (Å²) in [7, 11) is 0. The third kappa shape index (κ3) is 4.01. The van der Waals surface area contributed by atoms with Crippen LogP contribution >= 0.6 is 11.8 Å². The molecule has 0 aliphatic rings. The fourth-order valence-electron chi connectivity index (χ4n) is 1.06. The number of anilines is 1. The molecule has 0 saturated carbocycles. The Hall–Kier alpha value is -0.700. The van der Waals surface area contributed by atoms with Crippen molar-refractivity contribution in [2.75, 3.05) is 11.9 Å². The largest absolute Gasteiger partial charge is 0.370 e. The summed E-state index contributed by atoms with van der Waals surface area (Å²) >= 11 is 1.94. The molecule has 14 heavy (non-hydrogen) atoms. The van der Waals surface area contributed by atoms with Crippen LogP contribution in [0, 0.1) is 0 Å². The monoisotopic (exact) mass is 210 g/mol. The van der Waals surface area contributed by atoms with Crippen LogP contribution in [0.5, 0.6) is 0 Å². The van der Waals surface area contributed by atoms with Gasteiger partial charge in [0.15, 0.2) is 0 Å². The van der Waals surface area contributed by atoms with E-state index in [1.165, 1.54) is 5.56 Å². The Morgan fingerprint density at radius 1 is 1.43 bits per heavy atom. The Balaban J connectivity index is 2.46. The fourth-order valence-corrected chi connectivity index (χ4v) is 1.75. The molecule has 3 heteroatoms. The summed E-state index contributed by atoms with van der Waals surface area (Å²) in [4.78, 5) is 4.32. The normalized spacial score (nSPS) is 10.6. The molecule has 1 rings (SSSR count). The molecule has 1 N–H and O–H groups in total. The van der Waals surface area contributed by atoms with E-state index in [2.05, 4.69) is 37.1 Å². The van der Waals surface area contributed by atoms with Gasteiger partial charge in [-0.2, -0.15) is 11.8 Å². The van der Waals surface area contributed by atoms with E-state index >= 15 is 0 Å². The minimum atomic E-state index is 0.684. The molecule has 0 atom stereocenters. The molecule has 0 aromatic carbocycles. The molecule has 0 spiro atoms. The van der Waals surface area contributed by atoms with Crippen LogP contribution in [0.4, 0.5) is 5.82 Å². The number of nitrogens with zero attached hydrogens (tertiary/aromatic N) is 1. The van der Waals surface area contributed by atoms with Crippen LogP contribution in [-0.2, 0) is 5.75 Å². The van der Waals surface area contributed by atoms with Crippen LogP contribution in [0.15, 0.2) is 18.3 Å². The predicted octanol–water partition coefficient (Wildman–Crippen LogP) is 3.16. The molecule has 0 radical (unpaired) electrons. The minimum Gasteiger partial charge on any atom is -0.370 e. The van der Waals surface area contributed by atoms with Gasteiger partial charge in [0.25, 0.3) is 0 Å². The van der Waals surface area contributed by atoms with Crippen LogP contribution in [0.1, 0.15) is 26.3 Å². The highest BCUT2D eigenvalue weighted by Crippen LogP contribution is 2.17. The van der Waals surface area contributed by atoms with Crippen LogP contribution < -0.4 is 5.32 Å². The molecule has 0 aliphatic heterocycles. The molecule has 1 heterocycles. The first kappa shape index (κ1) is 11.4. The first-order valence-electron chi connectivity index (χ1n) is 5.02. The van der Waals surface area contributed by atoms with Gasteiger partial charge in [-0.1, -0.05) is 19.9 Å². The maximum Gasteiger partial charge on any atom is 0.125 e. The Kier molecular flexibility index (Phi) is 4.80. The molecule has 0 bridgehead atoms. The van der Waals surface area contributed by atoms with Gasteiger partial charge < -0.3 is 5.32 Å². The zero-order valence-electron chi connectivity index (χ0n) is 9.08. The van der Waals surface area contributed by atoms with Crippen molar-refractivity contribution in [1.29, 1.82) is 0 Å². The molecule has 0 fully saturated rings. The lowest BCUT2D eigenvalue weighted by Crippen LogP contribution is -1.99. The molecule has 1 aromatic heterocycles. The van der Waals surface area contributed by atoms with Crippen molar-refractivity contribution in [2.45, 2.75) is 31.8 Å². The molecule has 0 unspecified atom stereocenters. The van der Waals surface area contributed by atoms with Gasteiger partial charge in [0.1, 0.15) is 5.82 Å². The van der Waals surface area contributed by atoms with E-state index in [1.807, 2.05) is 24.0 Å². The van der Waals surface area contributed by atoms with Crippen molar-refractivity contribution in [3.05, 3.63) is 23.9 Å². The summed E-state index contributed by atoms with van der Waals surface area (Å²) in [5.74, 6) is 2.02. The van der Waals surface area contributed by atoms with E-state index in [0.29, 0.717) is 5.25 Å². The summed E-state index contributed by atoms with van der Waals surface area (Å²) in [6, 6.07) is 4.18. The first-order valence-corrected chi connectivity index (χ1v) is 6.07. The number of pyridine rings is 1. The van der Waals surface area contributed by atoms with Gasteiger partial charge in [-0.3, -0.25) is 0 Å². The molecule has 1 aromatic rings. The zero-order chi connectivity index (χ0) is 10.4. The second-order valence-corrected chi connectivity index (χ2v) is 5.01. The summed E-state index contributed by atoms with van der Waals surface area (Å²) in [5, 5.41) is 3.87. The van der Waals surface area contributed by atoms with Gasteiger partial charge in [0.2, 0.25) is 0 Å². The SMILES string of the molecule is CCNc1ccc(CSC(C)C)cn1. The van der Waals surface area contributed by atoms with Gasteiger partial charge in [0.05, 0.1) is 0 Å². The Labute approximate surface area is 90.5 Å². The Bertz CT molecular complexity index is 256. The van der Waals surface area contributed by atoms with Gasteiger partial charge >= 0.3 is 0 Å². The zero-order valence-corrected chi connectivity index (χ0v) is 9.90. The van der Waals surface area contributed by atoms with Gasteiger partial charge in [-0.25, -0.2) is 4.98 Å². The summed E-state index contributed by atoms with van der Waals surface area (Å²) in [5.41, 5.74) is 1.30. The second kappa shape index (κ2) is 5.91. The molecule has 78 valence electrons. The van der Waals surface area contributed by atoms with Gasteiger partial charge in [0, 0.05) is 18.5 Å². The van der Waals surface area contributed by atoms with Crippen LogP contribution in [0.2, 0.25) is 0 Å². The predicted molar refractivity (Wildman–Crippen MR) is 64.8 cm³/mol. The third-order valence-electron chi connectivity index (χ3n) is 1.77. The Morgan fingerprint density at radius 3 is 2.71 bits per heavy atom. The summed E-state index contributed by atoms with van der Waals surface area (Å²) < 4.78 is 0. The average Bonchev–Trinajstić information content (AvgIpc) is 2.17. The number of hydrogen-bond acceptors (Lipinski definition) is 3. The highest BCUT2D eigenvalue weighted by molar-refractivity contribution is 7.99. The van der Waals surface area contributed by atoms with E-state index in [0.717, 1.165) is 18.1 Å². The maximum absolute atomic E-state index is 4.32. The lowest BCUT2D eigenvalue weighted by Gasteiger charge is -2.06. The average molecular weight is 210 g/mol. The molecule has 0 aliphatic carbocycles. The van der Waals surface area contributed by atoms with Crippen molar-refractivity contribution in [3.8, 4) is 0 Å². The van der Waals surface area contributed by atoms with Gasteiger partial charge in [-0.15, -0.1) is 0 Å². The van der Waals surface area contributed by atoms with Gasteiger partial charge in [-0.05, 0) is 23.8 Å². The van der Waals surface area contributed by atoms with E-state index in [9.17, 15) is 0 Å². The number of aromatic nitrogens is 1. The van der Waals surface area contributed by atoms with Crippen molar-refractivity contribution in [3.63, 3.8) is 0 Å². The van der Waals surface area contributed by atoms with E-state index in [1.54, 1.807) is 0 Å². The molecular weight excluding hydrogens is 192 g/mol. The van der Waals surface area contributed by atoms with Crippen molar-refractivity contribution < 1.29 is 0 Å². The highest BCUT2D eigenvalue weighted by atomic mass is 32.2. The van der Waals surface area contributed by atoms with E-state index < -0.39 is 0 Å². The molecular formula is C11H18N2S. The van der Waals surface area contributed by atoms with Crippen LogP contribution in [0.25, 0.3) is 0 Å². The summed E-state index contributed by atoms with van der Waals surface area (Å²) in [6.45, 7) is 7.42. The molecule has 0 saturated heterocycles. The smallest absolute Gasteiger partial charge is 0.125 e. The summed E-state index contributed by atoms with van der Waals surface area (Å²) in [6.07, 6.45) is 1.95. The highest BCUT2D eigenvalue weighted by Gasteiger charge is 1.97. The number of thioether (sulfide) groups is 1. The lowest BCUT2D eigenvalue weighted by molar-refractivity contribution is 1.10. The van der Waals surface area contributed by atoms with Crippen molar-refractivity contribution in [2.24, 2.45) is 0 Å². The van der Waals surface area contributed by atoms with Crippen LogP contribution in [0.3, 0.4) is 0 Å². The topological polar surface area (TPSA) is 24.9 Å². The van der Waals surface area contributed by atoms with E-state index in [-0.39, 0.29) is 0 Å². The second-order valence-electron chi connectivity index (χ2n) is 3.44. The lowest BCUT2D eigenvalue weighted by atomic mass is 10.3. The molecule has 0 amide bonds. The standard InChI is InChI=1S/C11H18N2S/c1-4-12-11-6-5-10(7-13-11)8-14-9(2)3/h5-7,9H,4,8H2,1-3H3,(H,12,13). The Morgan fingerprint density at radius 2 is 2.21 bits per heavy atom. The van der Waals surface area contributed by atoms with E-state index in [4.69, 9.17) is 0 Å². The van der Waals surface area contributed by atoms with Crippen molar-refractivity contribution in [1.82, 2.24) is 4.98 Å². The maximum atomic E-state index is 4.32. The minimum absolute atomic E-state index is 0.684. The number of hydrogen-bond donors (Lipinski definition) is 1. The first-order chi connectivity index (χ1) is 6.72. The quantitative estimate of drug-likeness (QED) is 0.808. The number of nitrogens with one attached hydrogen (secondary N) is 1. The fraction of sp³-hybridized carbons (Fsp3) is 0.545. The van der Waals surface area contributed by atoms with Crippen molar-refractivity contribution >= 4 is 17.6 Å².